The molecule has 6 atom stereocenters. The van der Waals surface area contributed by atoms with Gasteiger partial charge in [-0.15, -0.1) is 0 Å². The Morgan fingerprint density at radius 2 is 0.491 bits per heavy atom. The smallest absolute Gasteiger partial charge is 0.0664 e. The topological polar surface area (TPSA) is 141 Å². The van der Waals surface area contributed by atoms with E-state index in [0.717, 1.165) is 91.1 Å². The van der Waals surface area contributed by atoms with Crippen LogP contribution in [0.1, 0.15) is 94.9 Å². The van der Waals surface area contributed by atoms with Gasteiger partial charge in [0.2, 0.25) is 0 Å². The van der Waals surface area contributed by atoms with Gasteiger partial charge in [-0.2, -0.15) is 0 Å². The third kappa shape index (κ3) is 82.1. The van der Waals surface area contributed by atoms with Crippen LogP contribution in [0.3, 0.4) is 0 Å². The van der Waals surface area contributed by atoms with Crippen LogP contribution in [0.4, 0.5) is 0 Å². The van der Waals surface area contributed by atoms with Gasteiger partial charge in [-0.05, 0) is 122 Å². The molecule has 0 aromatic heterocycles. The molecule has 6 N–H and O–H groups in total. The van der Waals surface area contributed by atoms with Crippen LogP contribution in [0.2, 0.25) is 0 Å². The number of hydrogen-bond donors (Lipinski definition) is 6. The Bertz CT molecular complexity index is 527. The Labute approximate surface area is 362 Å². The quantitative estimate of drug-likeness (QED) is 0.100. The molecule has 3 radical (unpaired) electrons. The molecular formula is C38H94Cu3N6O6. The zero-order chi connectivity index (χ0) is 40.8. The number of aliphatic hydroxyl groups is 6. The van der Waals surface area contributed by atoms with E-state index in [2.05, 4.69) is 47.3 Å². The molecule has 0 heterocycles. The molecule has 0 spiro atoms. The number of hydrogen-bond acceptors (Lipinski definition) is 12. The van der Waals surface area contributed by atoms with Crippen molar-refractivity contribution in [2.24, 2.45) is 0 Å². The second-order valence-corrected chi connectivity index (χ2v) is 13.9. The molecule has 0 aliphatic rings. The molecule has 0 fully saturated rings. The van der Waals surface area contributed by atoms with Gasteiger partial charge in [0.1, 0.15) is 0 Å². The largest absolute Gasteiger partial charge is 0.392 e. The van der Waals surface area contributed by atoms with E-state index < -0.39 is 0 Å². The number of aliphatic hydroxyl groups excluding tert-OH is 6. The van der Waals surface area contributed by atoms with Crippen LogP contribution in [0.25, 0.3) is 0 Å². The van der Waals surface area contributed by atoms with Gasteiger partial charge in [0.05, 0.1) is 36.6 Å². The summed E-state index contributed by atoms with van der Waals surface area (Å²) < 4.78 is 0. The van der Waals surface area contributed by atoms with Crippen molar-refractivity contribution in [2.75, 3.05) is 122 Å². The molecule has 6 unspecified atom stereocenters. The van der Waals surface area contributed by atoms with Crippen LogP contribution in [-0.4, -0.2) is 218 Å². The Morgan fingerprint density at radius 1 is 0.321 bits per heavy atom. The van der Waals surface area contributed by atoms with Crippen LogP contribution in [-0.2, 0) is 51.2 Å². The maximum Gasteiger partial charge on any atom is 0.0664 e. The first kappa shape index (κ1) is 75.0. The minimum absolute atomic E-state index is 0. The van der Waals surface area contributed by atoms with E-state index in [1.54, 1.807) is 13.8 Å². The average Bonchev–Trinajstić information content (AvgIpc) is 3.04. The Hall–Kier alpha value is 1.08. The third-order valence-corrected chi connectivity index (χ3v) is 7.39. The van der Waals surface area contributed by atoms with Crippen molar-refractivity contribution >= 4 is 0 Å². The van der Waals surface area contributed by atoms with Crippen LogP contribution in [0, 0.1) is 0 Å². The van der Waals surface area contributed by atoms with Crippen LogP contribution < -0.4 is 0 Å². The van der Waals surface area contributed by atoms with Gasteiger partial charge < -0.3 is 60.0 Å². The molecule has 0 amide bonds. The summed E-state index contributed by atoms with van der Waals surface area (Å²) in [5.74, 6) is 0. The molecule has 0 bridgehead atoms. The van der Waals surface area contributed by atoms with Gasteiger partial charge in [-0.25, -0.2) is 0 Å². The minimum Gasteiger partial charge on any atom is -0.392 e. The summed E-state index contributed by atoms with van der Waals surface area (Å²) in [6, 6.07) is 0. The van der Waals surface area contributed by atoms with Gasteiger partial charge in [-0.1, -0.05) is 55.4 Å². The van der Waals surface area contributed by atoms with Crippen molar-refractivity contribution in [1.29, 1.82) is 0 Å². The first-order chi connectivity index (χ1) is 23.1. The standard InChI is InChI=1S/2C7H17NO.4C6H15NO.3Cu/c2*1-4-7(9)6-8(3)5-2;2*1-4-6(8)5-7(2)3;2*1-4-7(3)5-6(2)8;;;/h2*7,9H,4-6H2,1-3H3;4*6,8H,4-5H2,1-3H3;;;. The van der Waals surface area contributed by atoms with Crippen molar-refractivity contribution in [3.63, 3.8) is 0 Å². The molecule has 0 rings (SSSR count). The van der Waals surface area contributed by atoms with Crippen LogP contribution in [0.5, 0.6) is 0 Å². The number of rotatable bonds is 20. The molecule has 345 valence electrons. The SMILES string of the molecule is CCC(O)CN(C)C.CCC(O)CN(C)C.CCC(O)CN(C)CC.CCC(O)CN(C)CC.CCN(C)CC(C)O.CCN(C)CC(C)O.[Cu].[Cu].[Cu]. The fourth-order valence-corrected chi connectivity index (χ4v) is 3.50. The van der Waals surface area contributed by atoms with E-state index >= 15 is 0 Å². The molecule has 0 aliphatic heterocycles. The summed E-state index contributed by atoms with van der Waals surface area (Å²) in [6.07, 6.45) is 2.42. The summed E-state index contributed by atoms with van der Waals surface area (Å²) >= 11 is 0. The number of nitrogens with zero attached hydrogens (tertiary/aromatic N) is 6. The zero-order valence-corrected chi connectivity index (χ0v) is 40.5. The summed E-state index contributed by atoms with van der Waals surface area (Å²) in [6.45, 7) is 28.6. The summed E-state index contributed by atoms with van der Waals surface area (Å²) in [7, 11) is 15.8. The van der Waals surface area contributed by atoms with Crippen molar-refractivity contribution < 1.29 is 81.8 Å². The molecule has 0 saturated heterocycles. The summed E-state index contributed by atoms with van der Waals surface area (Å²) in [4.78, 5) is 12.3. The van der Waals surface area contributed by atoms with E-state index in [1.165, 1.54) is 0 Å². The fourth-order valence-electron chi connectivity index (χ4n) is 3.50. The Balaban J connectivity index is -0.0000000620. The first-order valence-corrected chi connectivity index (χ1v) is 19.2. The second-order valence-electron chi connectivity index (χ2n) is 13.9. The third-order valence-electron chi connectivity index (χ3n) is 7.39. The van der Waals surface area contributed by atoms with E-state index in [0.29, 0.717) is 0 Å². The predicted molar refractivity (Wildman–Crippen MR) is 218 cm³/mol. The molecule has 0 aromatic carbocycles. The van der Waals surface area contributed by atoms with Crippen molar-refractivity contribution in [3.8, 4) is 0 Å². The van der Waals surface area contributed by atoms with Crippen LogP contribution in [0.15, 0.2) is 0 Å². The molecule has 53 heavy (non-hydrogen) atoms. The Morgan fingerprint density at radius 3 is 0.585 bits per heavy atom. The average molecular weight is 922 g/mol. The fraction of sp³-hybridized carbons (Fsp3) is 1.00. The van der Waals surface area contributed by atoms with Crippen molar-refractivity contribution in [2.45, 2.75) is 132 Å². The van der Waals surface area contributed by atoms with Gasteiger partial charge in [0, 0.05) is 90.5 Å². The Kier molecular flexibility index (Phi) is 78.1. The van der Waals surface area contributed by atoms with Crippen molar-refractivity contribution in [1.82, 2.24) is 29.4 Å². The monoisotopic (exact) mass is 920 g/mol. The van der Waals surface area contributed by atoms with E-state index in [4.69, 9.17) is 30.6 Å². The van der Waals surface area contributed by atoms with Gasteiger partial charge in [0.25, 0.3) is 0 Å². The van der Waals surface area contributed by atoms with Gasteiger partial charge in [-0.3, -0.25) is 0 Å². The summed E-state index contributed by atoms with van der Waals surface area (Å²) in [5, 5.41) is 53.8. The van der Waals surface area contributed by atoms with Crippen molar-refractivity contribution in [3.05, 3.63) is 0 Å². The molecule has 15 heteroatoms. The molecular weight excluding hydrogens is 827 g/mol. The number of likely N-dealkylation sites (N-methyl/N-ethyl adjacent to an activating group) is 6. The predicted octanol–water partition coefficient (Wildman–Crippen LogP) is 2.69. The maximum atomic E-state index is 9.12. The minimum atomic E-state index is -0.194. The molecule has 0 saturated carbocycles. The molecule has 0 aromatic rings. The van der Waals surface area contributed by atoms with E-state index in [-0.39, 0.29) is 87.8 Å². The maximum absolute atomic E-state index is 9.12. The zero-order valence-electron chi connectivity index (χ0n) is 37.6. The first-order valence-electron chi connectivity index (χ1n) is 19.2. The van der Waals surface area contributed by atoms with Crippen LogP contribution >= 0.6 is 0 Å². The summed E-state index contributed by atoms with van der Waals surface area (Å²) in [5.41, 5.74) is 0. The van der Waals surface area contributed by atoms with E-state index in [9.17, 15) is 0 Å². The van der Waals surface area contributed by atoms with E-state index in [1.807, 2.05) is 93.9 Å². The normalized spacial score (nSPS) is 13.7. The van der Waals surface area contributed by atoms with Gasteiger partial charge >= 0.3 is 0 Å². The second kappa shape index (κ2) is 55.2. The molecule has 0 aliphatic carbocycles. The molecule has 12 nitrogen and oxygen atoms in total. The van der Waals surface area contributed by atoms with Gasteiger partial charge in [0.15, 0.2) is 0 Å².